The average Bonchev–Trinajstić information content (AvgIpc) is 2.90. The van der Waals surface area contributed by atoms with Gasteiger partial charge in [-0.2, -0.15) is 0 Å². The van der Waals surface area contributed by atoms with E-state index in [0.717, 1.165) is 11.4 Å². The molecule has 3 aromatic rings. The topological polar surface area (TPSA) is 21.3 Å². The molecule has 0 aliphatic heterocycles. The number of benzene rings is 2. The van der Waals surface area contributed by atoms with E-state index in [-0.39, 0.29) is 0 Å². The second-order valence-corrected chi connectivity index (χ2v) is 5.43. The third kappa shape index (κ3) is 2.29. The van der Waals surface area contributed by atoms with Crippen LogP contribution in [0.2, 0.25) is 0 Å². The number of rotatable bonds is 3. The van der Waals surface area contributed by atoms with Crippen LogP contribution in [-0.4, -0.2) is 14.2 Å². The van der Waals surface area contributed by atoms with Crippen LogP contribution < -0.4 is 10.1 Å². The fraction of sp³-hybridized carbons (Fsp3) is 0.125. The largest absolute Gasteiger partial charge is 0.497 e. The second-order valence-electron chi connectivity index (χ2n) is 4.34. The highest BCUT2D eigenvalue weighted by Crippen LogP contribution is 2.35. The molecular weight excluding hydrogens is 254 g/mol. The minimum atomic E-state index is 0.909. The molecule has 1 N–H and O–H groups in total. The van der Waals surface area contributed by atoms with Crippen LogP contribution in [0.25, 0.3) is 20.5 Å². The predicted octanol–water partition coefficient (Wildman–Crippen LogP) is 4.62. The predicted molar refractivity (Wildman–Crippen MR) is 83.4 cm³/mol. The van der Waals surface area contributed by atoms with Gasteiger partial charge in [0.2, 0.25) is 0 Å². The van der Waals surface area contributed by atoms with Crippen LogP contribution in [0, 0.1) is 0 Å². The highest BCUT2D eigenvalue weighted by atomic mass is 32.1. The lowest BCUT2D eigenvalue weighted by molar-refractivity contribution is 0.415. The highest BCUT2D eigenvalue weighted by Gasteiger charge is 2.05. The maximum absolute atomic E-state index is 5.27. The van der Waals surface area contributed by atoms with Crippen LogP contribution in [0.4, 0.5) is 5.69 Å². The normalized spacial score (nSPS) is 10.6. The Hall–Kier alpha value is -2.00. The molecule has 0 fully saturated rings. The molecule has 0 spiro atoms. The number of fused-ring (bicyclic) bond motifs is 1. The second kappa shape index (κ2) is 4.94. The van der Waals surface area contributed by atoms with Crippen molar-refractivity contribution in [3.8, 4) is 16.2 Å². The summed E-state index contributed by atoms with van der Waals surface area (Å²) in [7, 11) is 3.63. The zero-order valence-electron chi connectivity index (χ0n) is 10.9. The van der Waals surface area contributed by atoms with Gasteiger partial charge in [0.05, 0.1) is 7.11 Å². The molecular formula is C16H15NOS. The minimum Gasteiger partial charge on any atom is -0.497 e. The molecule has 0 amide bonds. The van der Waals surface area contributed by atoms with E-state index in [2.05, 4.69) is 47.8 Å². The van der Waals surface area contributed by atoms with Crippen LogP contribution >= 0.6 is 11.3 Å². The summed E-state index contributed by atoms with van der Waals surface area (Å²) in [5.74, 6) is 0.909. The molecule has 0 radical (unpaired) electrons. The fourth-order valence-electron chi connectivity index (χ4n) is 2.08. The van der Waals surface area contributed by atoms with Gasteiger partial charge in [-0.05, 0) is 47.3 Å². The van der Waals surface area contributed by atoms with Gasteiger partial charge in [-0.3, -0.25) is 0 Å². The molecule has 0 unspecified atom stereocenters. The first-order chi connectivity index (χ1) is 9.30. The summed E-state index contributed by atoms with van der Waals surface area (Å²) in [4.78, 5) is 1.28. The van der Waals surface area contributed by atoms with E-state index in [4.69, 9.17) is 4.74 Å². The molecule has 0 saturated carbocycles. The number of nitrogens with one attached hydrogen (secondary N) is 1. The molecule has 1 heterocycles. The summed E-state index contributed by atoms with van der Waals surface area (Å²) in [5.41, 5.74) is 2.38. The monoisotopic (exact) mass is 269 g/mol. The summed E-state index contributed by atoms with van der Waals surface area (Å²) < 4.78 is 6.52. The van der Waals surface area contributed by atoms with Gasteiger partial charge >= 0.3 is 0 Å². The van der Waals surface area contributed by atoms with Gasteiger partial charge in [0.25, 0.3) is 0 Å². The Morgan fingerprint density at radius 3 is 2.47 bits per heavy atom. The van der Waals surface area contributed by atoms with Crippen molar-refractivity contribution in [2.24, 2.45) is 0 Å². The van der Waals surface area contributed by atoms with E-state index in [9.17, 15) is 0 Å². The Bertz CT molecular complexity index is 700. The molecule has 3 rings (SSSR count). The van der Waals surface area contributed by atoms with Crippen LogP contribution in [-0.2, 0) is 0 Å². The molecule has 96 valence electrons. The van der Waals surface area contributed by atoms with E-state index < -0.39 is 0 Å². The minimum absolute atomic E-state index is 0.909. The quantitative estimate of drug-likeness (QED) is 0.749. The third-order valence-corrected chi connectivity index (χ3v) is 4.33. The molecule has 3 heteroatoms. The van der Waals surface area contributed by atoms with E-state index in [1.165, 1.54) is 20.5 Å². The summed E-state index contributed by atoms with van der Waals surface area (Å²) in [6.45, 7) is 0. The number of ether oxygens (including phenoxy) is 1. The molecule has 0 saturated heterocycles. The smallest absolute Gasteiger partial charge is 0.120 e. The van der Waals surface area contributed by atoms with Crippen molar-refractivity contribution in [1.29, 1.82) is 0 Å². The van der Waals surface area contributed by atoms with Crippen LogP contribution in [0.15, 0.2) is 48.5 Å². The van der Waals surface area contributed by atoms with Gasteiger partial charge in [0.1, 0.15) is 5.75 Å². The maximum Gasteiger partial charge on any atom is 0.120 e. The summed E-state index contributed by atoms with van der Waals surface area (Å²) in [5, 5.41) is 4.40. The van der Waals surface area contributed by atoms with Crippen molar-refractivity contribution >= 4 is 27.1 Å². The zero-order valence-corrected chi connectivity index (χ0v) is 11.8. The molecule has 1 aromatic heterocycles. The lowest BCUT2D eigenvalue weighted by Crippen LogP contribution is -1.86. The van der Waals surface area contributed by atoms with E-state index in [1.54, 1.807) is 18.4 Å². The fourth-order valence-corrected chi connectivity index (χ4v) is 3.18. The Balaban J connectivity index is 2.04. The van der Waals surface area contributed by atoms with E-state index in [0.29, 0.717) is 0 Å². The molecule has 19 heavy (non-hydrogen) atoms. The number of methoxy groups -OCH3 is 1. The van der Waals surface area contributed by atoms with Crippen molar-refractivity contribution in [1.82, 2.24) is 0 Å². The van der Waals surface area contributed by atoms with Gasteiger partial charge in [0.15, 0.2) is 0 Å². The SMILES string of the molecule is CNc1ccc(-c2cc3ccc(OC)cc3s2)cc1. The number of thiophene rings is 1. The number of hydrogen-bond acceptors (Lipinski definition) is 3. The molecule has 0 bridgehead atoms. The van der Waals surface area contributed by atoms with Crippen LogP contribution in [0.5, 0.6) is 5.75 Å². The van der Waals surface area contributed by atoms with Gasteiger partial charge in [-0.15, -0.1) is 11.3 Å². The first-order valence-corrected chi connectivity index (χ1v) is 6.97. The highest BCUT2D eigenvalue weighted by molar-refractivity contribution is 7.22. The number of anilines is 1. The molecule has 2 aromatic carbocycles. The Labute approximate surface area is 116 Å². The first-order valence-electron chi connectivity index (χ1n) is 6.16. The van der Waals surface area contributed by atoms with Crippen molar-refractivity contribution in [3.05, 3.63) is 48.5 Å². The van der Waals surface area contributed by atoms with Crippen molar-refractivity contribution in [2.75, 3.05) is 19.5 Å². The molecule has 2 nitrogen and oxygen atoms in total. The van der Waals surface area contributed by atoms with Crippen molar-refractivity contribution in [2.45, 2.75) is 0 Å². The van der Waals surface area contributed by atoms with Crippen molar-refractivity contribution < 1.29 is 4.74 Å². The zero-order chi connectivity index (χ0) is 13.2. The number of hydrogen-bond donors (Lipinski definition) is 1. The summed E-state index contributed by atoms with van der Waals surface area (Å²) >= 11 is 1.79. The van der Waals surface area contributed by atoms with Crippen LogP contribution in [0.1, 0.15) is 0 Å². The Morgan fingerprint density at radius 1 is 1.00 bits per heavy atom. The first kappa shape index (κ1) is 12.1. The van der Waals surface area contributed by atoms with Gasteiger partial charge < -0.3 is 10.1 Å². The van der Waals surface area contributed by atoms with E-state index >= 15 is 0 Å². The molecule has 0 aliphatic rings. The van der Waals surface area contributed by atoms with Gasteiger partial charge in [-0.25, -0.2) is 0 Å². The Morgan fingerprint density at radius 2 is 1.79 bits per heavy atom. The summed E-state index contributed by atoms with van der Waals surface area (Å²) in [6.07, 6.45) is 0. The standard InChI is InChI=1S/C16H15NOS/c1-17-13-6-3-11(4-7-13)15-9-12-5-8-14(18-2)10-16(12)19-15/h3-10,17H,1-2H3. The maximum atomic E-state index is 5.27. The lowest BCUT2D eigenvalue weighted by Gasteiger charge is -2.00. The molecule has 0 aliphatic carbocycles. The summed E-state index contributed by atoms with van der Waals surface area (Å²) in [6, 6.07) is 16.9. The molecule has 0 atom stereocenters. The van der Waals surface area contributed by atoms with Crippen LogP contribution in [0.3, 0.4) is 0 Å². The third-order valence-electron chi connectivity index (χ3n) is 3.19. The van der Waals surface area contributed by atoms with Crippen molar-refractivity contribution in [3.63, 3.8) is 0 Å². The average molecular weight is 269 g/mol. The lowest BCUT2D eigenvalue weighted by atomic mass is 10.1. The Kier molecular flexibility index (Phi) is 3.13. The van der Waals surface area contributed by atoms with Gasteiger partial charge in [-0.1, -0.05) is 12.1 Å². The van der Waals surface area contributed by atoms with E-state index in [1.807, 2.05) is 13.1 Å². The van der Waals surface area contributed by atoms with Gasteiger partial charge in [0, 0.05) is 22.3 Å².